The number of para-hydroxylation sites is 2. The number of ether oxygens (including phenoxy) is 7. The molecular formula is C34H33N3O10. The van der Waals surface area contributed by atoms with Crippen LogP contribution < -0.4 is 43.9 Å². The number of nitrogens with one attached hydrogen (secondary N) is 2. The molecule has 47 heavy (non-hydrogen) atoms. The number of hydrogen-bond acceptors (Lipinski definition) is 11. The third-order valence-electron chi connectivity index (χ3n) is 6.74. The van der Waals surface area contributed by atoms with Gasteiger partial charge in [-0.2, -0.15) is 5.10 Å². The summed E-state index contributed by atoms with van der Waals surface area (Å²) in [6, 6.07) is 19.0. The van der Waals surface area contributed by atoms with Crippen molar-refractivity contribution in [2.75, 3.05) is 48.0 Å². The molecule has 13 heteroatoms. The highest BCUT2D eigenvalue weighted by Gasteiger charge is 2.21. The van der Waals surface area contributed by atoms with E-state index in [0.717, 1.165) is 0 Å². The zero-order chi connectivity index (χ0) is 33.9. The molecule has 2 N–H and O–H groups in total. The average Bonchev–Trinajstić information content (AvgIpc) is 3.10. The quantitative estimate of drug-likeness (QED) is 0.0884. The molecule has 0 fully saturated rings. The van der Waals surface area contributed by atoms with Crippen molar-refractivity contribution in [3.8, 4) is 40.2 Å². The fraction of sp³-hybridized carbons (Fsp3) is 0.176. The number of hydrazone groups is 1. The molecule has 4 rings (SSSR count). The SMILES string of the molecule is COc1cc(C(=O)Nc2ccccc2C(=O)N/N=C\c2ccccc2OC(=O)c2cc(OC)c(OC)c(OC)c2)cc(OC)c1OC. The first-order valence-electron chi connectivity index (χ1n) is 13.9. The highest BCUT2D eigenvalue weighted by Crippen LogP contribution is 2.39. The number of amides is 2. The van der Waals surface area contributed by atoms with Gasteiger partial charge < -0.3 is 38.5 Å². The number of carbonyl (C=O) groups is 3. The minimum absolute atomic E-state index is 0.146. The van der Waals surface area contributed by atoms with Crippen molar-refractivity contribution in [2.24, 2.45) is 5.10 Å². The predicted octanol–water partition coefficient (Wildman–Crippen LogP) is 4.97. The Morgan fingerprint density at radius 2 is 1.11 bits per heavy atom. The van der Waals surface area contributed by atoms with Crippen LogP contribution in [-0.2, 0) is 0 Å². The predicted molar refractivity (Wildman–Crippen MR) is 173 cm³/mol. The lowest BCUT2D eigenvalue weighted by atomic mass is 10.1. The van der Waals surface area contributed by atoms with Crippen LogP contribution in [0.2, 0.25) is 0 Å². The minimum atomic E-state index is -0.689. The summed E-state index contributed by atoms with van der Waals surface area (Å²) in [7, 11) is 8.68. The maximum Gasteiger partial charge on any atom is 0.343 e. The summed E-state index contributed by atoms with van der Waals surface area (Å²) < 4.78 is 37.6. The monoisotopic (exact) mass is 643 g/mol. The Hall–Kier alpha value is -6.24. The molecule has 244 valence electrons. The van der Waals surface area contributed by atoms with Gasteiger partial charge in [0, 0.05) is 11.1 Å². The molecule has 0 radical (unpaired) electrons. The highest BCUT2D eigenvalue weighted by molar-refractivity contribution is 6.09. The molecule has 0 unspecified atom stereocenters. The van der Waals surface area contributed by atoms with Crippen LogP contribution in [0.25, 0.3) is 0 Å². The van der Waals surface area contributed by atoms with Crippen molar-refractivity contribution in [3.63, 3.8) is 0 Å². The Morgan fingerprint density at radius 1 is 0.596 bits per heavy atom. The van der Waals surface area contributed by atoms with Gasteiger partial charge in [0.15, 0.2) is 23.0 Å². The first-order valence-corrected chi connectivity index (χ1v) is 13.9. The van der Waals surface area contributed by atoms with Gasteiger partial charge in [0.25, 0.3) is 11.8 Å². The molecule has 0 aliphatic rings. The lowest BCUT2D eigenvalue weighted by molar-refractivity contribution is 0.0733. The Labute approximate surface area is 270 Å². The Balaban J connectivity index is 1.49. The summed E-state index contributed by atoms with van der Waals surface area (Å²) in [6.45, 7) is 0. The summed E-state index contributed by atoms with van der Waals surface area (Å²) in [6.07, 6.45) is 1.33. The van der Waals surface area contributed by atoms with Gasteiger partial charge in [-0.3, -0.25) is 9.59 Å². The van der Waals surface area contributed by atoms with E-state index in [4.69, 9.17) is 33.2 Å². The first-order chi connectivity index (χ1) is 22.8. The minimum Gasteiger partial charge on any atom is -0.493 e. The van der Waals surface area contributed by atoms with Crippen LogP contribution in [0.15, 0.2) is 77.9 Å². The van der Waals surface area contributed by atoms with E-state index >= 15 is 0 Å². The van der Waals surface area contributed by atoms with Crippen LogP contribution in [0.4, 0.5) is 5.69 Å². The second-order valence-corrected chi connectivity index (χ2v) is 9.45. The number of esters is 1. The number of nitrogens with zero attached hydrogens (tertiary/aromatic N) is 1. The normalized spacial score (nSPS) is 10.5. The van der Waals surface area contributed by atoms with E-state index in [1.807, 2.05) is 0 Å². The molecule has 0 aliphatic heterocycles. The molecular weight excluding hydrogens is 610 g/mol. The molecule has 0 atom stereocenters. The van der Waals surface area contributed by atoms with Crippen molar-refractivity contribution >= 4 is 29.7 Å². The maximum atomic E-state index is 13.2. The van der Waals surface area contributed by atoms with Crippen LogP contribution in [0.3, 0.4) is 0 Å². The van der Waals surface area contributed by atoms with E-state index in [9.17, 15) is 14.4 Å². The van der Waals surface area contributed by atoms with Gasteiger partial charge in [-0.15, -0.1) is 0 Å². The third kappa shape index (κ3) is 7.71. The van der Waals surface area contributed by atoms with E-state index in [1.165, 1.54) is 79.2 Å². The van der Waals surface area contributed by atoms with Gasteiger partial charge in [0.2, 0.25) is 11.5 Å². The van der Waals surface area contributed by atoms with Gasteiger partial charge in [0.1, 0.15) is 5.75 Å². The average molecular weight is 644 g/mol. The van der Waals surface area contributed by atoms with Crippen molar-refractivity contribution in [3.05, 3.63) is 95.1 Å². The largest absolute Gasteiger partial charge is 0.493 e. The van der Waals surface area contributed by atoms with Crippen LogP contribution >= 0.6 is 0 Å². The van der Waals surface area contributed by atoms with Crippen LogP contribution in [-0.4, -0.2) is 66.7 Å². The zero-order valence-corrected chi connectivity index (χ0v) is 26.5. The summed E-state index contributed by atoms with van der Waals surface area (Å²) >= 11 is 0. The molecule has 0 spiro atoms. The lowest BCUT2D eigenvalue weighted by Crippen LogP contribution is -2.21. The smallest absolute Gasteiger partial charge is 0.343 e. The second kappa shape index (κ2) is 15.7. The molecule has 4 aromatic rings. The number of hydrogen-bond donors (Lipinski definition) is 2. The molecule has 0 heterocycles. The number of anilines is 1. The van der Waals surface area contributed by atoms with Gasteiger partial charge in [-0.05, 0) is 48.5 Å². The maximum absolute atomic E-state index is 13.2. The van der Waals surface area contributed by atoms with E-state index in [-0.39, 0.29) is 39.6 Å². The zero-order valence-electron chi connectivity index (χ0n) is 26.5. The van der Waals surface area contributed by atoms with Crippen molar-refractivity contribution in [2.45, 2.75) is 0 Å². The number of methoxy groups -OCH3 is 6. The van der Waals surface area contributed by atoms with Gasteiger partial charge >= 0.3 is 5.97 Å². The number of rotatable bonds is 13. The highest BCUT2D eigenvalue weighted by atomic mass is 16.5. The summed E-state index contributed by atoms with van der Waals surface area (Å²) in [5.41, 5.74) is 3.59. The van der Waals surface area contributed by atoms with Gasteiger partial charge in [0.05, 0.1) is 65.7 Å². The summed E-state index contributed by atoms with van der Waals surface area (Å²) in [5.74, 6) is 0.211. The Morgan fingerprint density at radius 3 is 1.66 bits per heavy atom. The second-order valence-electron chi connectivity index (χ2n) is 9.45. The molecule has 4 aromatic carbocycles. The van der Waals surface area contributed by atoms with E-state index in [0.29, 0.717) is 28.6 Å². The molecule has 2 amide bonds. The summed E-state index contributed by atoms with van der Waals surface area (Å²) in [4.78, 5) is 39.4. The molecule has 0 aliphatic carbocycles. The van der Waals surface area contributed by atoms with Gasteiger partial charge in [-0.1, -0.05) is 24.3 Å². The van der Waals surface area contributed by atoms with Crippen molar-refractivity contribution in [1.82, 2.24) is 5.43 Å². The number of carbonyl (C=O) groups excluding carboxylic acids is 3. The first kappa shape index (κ1) is 33.6. The topological polar surface area (TPSA) is 152 Å². The Bertz CT molecular complexity index is 1750. The van der Waals surface area contributed by atoms with Crippen LogP contribution in [0, 0.1) is 0 Å². The fourth-order valence-electron chi connectivity index (χ4n) is 4.46. The van der Waals surface area contributed by atoms with Crippen LogP contribution in [0.1, 0.15) is 36.6 Å². The van der Waals surface area contributed by atoms with E-state index in [2.05, 4.69) is 15.8 Å². The lowest BCUT2D eigenvalue weighted by Gasteiger charge is -2.15. The van der Waals surface area contributed by atoms with Crippen molar-refractivity contribution in [1.29, 1.82) is 0 Å². The molecule has 0 aromatic heterocycles. The van der Waals surface area contributed by atoms with E-state index < -0.39 is 17.8 Å². The third-order valence-corrected chi connectivity index (χ3v) is 6.74. The molecule has 0 bridgehead atoms. The van der Waals surface area contributed by atoms with Gasteiger partial charge in [-0.25, -0.2) is 10.2 Å². The van der Waals surface area contributed by atoms with E-state index in [1.54, 1.807) is 42.5 Å². The standard InChI is InChI=1S/C34H33N3O10/c1-41-26-15-21(16-27(42-2)30(26)45-5)32(38)36-24-13-9-8-12-23(24)33(39)37-35-19-20-11-7-10-14-25(20)47-34(40)22-17-28(43-3)31(46-6)29(18-22)44-4/h7-19H,1-6H3,(H,36,38)(H,37,39)/b35-19-. The summed E-state index contributed by atoms with van der Waals surface area (Å²) in [5, 5.41) is 6.79. The van der Waals surface area contributed by atoms with Crippen molar-refractivity contribution < 1.29 is 47.5 Å². The fourth-order valence-corrected chi connectivity index (χ4v) is 4.46. The molecule has 0 saturated carbocycles. The Kier molecular flexibility index (Phi) is 11.2. The molecule has 13 nitrogen and oxygen atoms in total. The molecule has 0 saturated heterocycles. The number of benzene rings is 4. The van der Waals surface area contributed by atoms with Crippen LogP contribution in [0.5, 0.6) is 40.2 Å².